The zero-order valence-electron chi connectivity index (χ0n) is 11.7. The molecule has 0 unspecified atom stereocenters. The quantitative estimate of drug-likeness (QED) is 0.821. The molecule has 116 valence electrons. The maximum absolute atomic E-state index is 12.8. The molecule has 2 atom stereocenters. The summed E-state index contributed by atoms with van der Waals surface area (Å²) in [6.45, 7) is 3.18. The van der Waals surface area contributed by atoms with E-state index in [1.807, 2.05) is 0 Å². The summed E-state index contributed by atoms with van der Waals surface area (Å²) >= 11 is 6.95. The third-order valence-corrected chi connectivity index (χ3v) is 7.84. The lowest BCUT2D eigenvalue weighted by Crippen LogP contribution is -2.47. The van der Waals surface area contributed by atoms with Crippen molar-refractivity contribution >= 4 is 38.9 Å². The number of hydrogen-bond donors (Lipinski definition) is 0. The summed E-state index contributed by atoms with van der Waals surface area (Å²) < 4.78 is 27.9. The van der Waals surface area contributed by atoms with E-state index in [4.69, 9.17) is 11.6 Å². The van der Waals surface area contributed by atoms with Gasteiger partial charge in [0.2, 0.25) is 5.91 Å². The zero-order chi connectivity index (χ0) is 15.2. The molecule has 0 saturated carbocycles. The molecule has 3 aliphatic rings. The normalized spacial score (nSPS) is 26.9. The highest BCUT2D eigenvalue weighted by Gasteiger charge is 2.42. The van der Waals surface area contributed by atoms with E-state index < -0.39 is 10.0 Å². The molecule has 2 bridgehead atoms. The van der Waals surface area contributed by atoms with Crippen LogP contribution in [0.1, 0.15) is 19.8 Å². The molecule has 3 aliphatic heterocycles. The number of fused-ring (bicyclic) bond motifs is 4. The first-order chi connectivity index (χ1) is 9.88. The first-order valence-corrected chi connectivity index (χ1v) is 9.54. The number of sulfonamides is 1. The van der Waals surface area contributed by atoms with Gasteiger partial charge < -0.3 is 4.90 Å². The average molecular weight is 349 g/mol. The Morgan fingerprint density at radius 3 is 2.67 bits per heavy atom. The summed E-state index contributed by atoms with van der Waals surface area (Å²) in [4.78, 5) is 13.4. The van der Waals surface area contributed by atoms with Gasteiger partial charge in [0.05, 0.1) is 4.34 Å². The average Bonchev–Trinajstić information content (AvgIpc) is 2.68. The van der Waals surface area contributed by atoms with Crippen molar-refractivity contribution in [1.29, 1.82) is 0 Å². The van der Waals surface area contributed by atoms with Crippen molar-refractivity contribution in [3.05, 3.63) is 16.5 Å². The van der Waals surface area contributed by atoms with Crippen molar-refractivity contribution in [1.82, 2.24) is 9.21 Å². The molecular formula is C13H17ClN2O3S2. The Labute approximate surface area is 133 Å². The SMILES string of the molecule is CC(=O)N1C[C@H]2CC[C@@H](C1)N(S(=O)(=O)c1ccc(Cl)s1)C2. The molecular weight excluding hydrogens is 332 g/mol. The van der Waals surface area contributed by atoms with E-state index in [1.54, 1.807) is 28.3 Å². The number of carbonyl (C=O) groups excluding carboxylic acids is 1. The van der Waals surface area contributed by atoms with Crippen LogP contribution in [-0.2, 0) is 14.8 Å². The monoisotopic (exact) mass is 348 g/mol. The molecule has 0 N–H and O–H groups in total. The fourth-order valence-corrected chi connectivity index (χ4v) is 6.48. The van der Waals surface area contributed by atoms with Gasteiger partial charge in [0.1, 0.15) is 4.21 Å². The highest BCUT2D eigenvalue weighted by Crippen LogP contribution is 2.35. The van der Waals surface area contributed by atoms with Gasteiger partial charge in [0.15, 0.2) is 0 Å². The van der Waals surface area contributed by atoms with Gasteiger partial charge in [0.25, 0.3) is 10.0 Å². The van der Waals surface area contributed by atoms with Gasteiger partial charge in [-0.05, 0) is 30.9 Å². The Morgan fingerprint density at radius 2 is 2.05 bits per heavy atom. The van der Waals surface area contributed by atoms with E-state index in [1.165, 1.54) is 0 Å². The van der Waals surface area contributed by atoms with Gasteiger partial charge in [-0.3, -0.25) is 4.79 Å². The standard InChI is InChI=1S/C13H17ClN2O3S2/c1-9(17)15-6-10-2-3-11(8-15)16(7-10)21(18,19)13-5-4-12(14)20-13/h4-5,10-11H,2-3,6-8H2,1H3/t10-,11+/m1/s1. The summed E-state index contributed by atoms with van der Waals surface area (Å²) in [6.07, 6.45) is 1.79. The van der Waals surface area contributed by atoms with Gasteiger partial charge in [-0.1, -0.05) is 11.6 Å². The smallest absolute Gasteiger partial charge is 0.252 e. The van der Waals surface area contributed by atoms with Gasteiger partial charge in [0, 0.05) is 32.6 Å². The summed E-state index contributed by atoms with van der Waals surface area (Å²) in [7, 11) is -3.52. The van der Waals surface area contributed by atoms with Crippen molar-refractivity contribution in [3.63, 3.8) is 0 Å². The molecule has 0 spiro atoms. The lowest BCUT2D eigenvalue weighted by Gasteiger charge is -2.34. The number of rotatable bonds is 2. The van der Waals surface area contributed by atoms with Crippen LogP contribution < -0.4 is 0 Å². The summed E-state index contributed by atoms with van der Waals surface area (Å²) in [5, 5.41) is 0. The van der Waals surface area contributed by atoms with Crippen molar-refractivity contribution in [2.45, 2.75) is 30.0 Å². The highest BCUT2D eigenvalue weighted by atomic mass is 35.5. The van der Waals surface area contributed by atoms with Crippen LogP contribution in [0.25, 0.3) is 0 Å². The second kappa shape index (κ2) is 5.53. The van der Waals surface area contributed by atoms with Crippen LogP contribution in [0.5, 0.6) is 0 Å². The fraction of sp³-hybridized carbons (Fsp3) is 0.615. The van der Waals surface area contributed by atoms with Gasteiger partial charge in [-0.25, -0.2) is 8.42 Å². The number of amides is 1. The topological polar surface area (TPSA) is 57.7 Å². The Kier molecular flexibility index (Phi) is 4.02. The number of halogens is 1. The van der Waals surface area contributed by atoms with Crippen molar-refractivity contribution in [2.75, 3.05) is 19.6 Å². The molecule has 5 nitrogen and oxygen atoms in total. The van der Waals surface area contributed by atoms with E-state index in [9.17, 15) is 13.2 Å². The van der Waals surface area contributed by atoms with Crippen LogP contribution in [0.15, 0.2) is 16.3 Å². The molecule has 1 aromatic heterocycles. The first-order valence-electron chi connectivity index (χ1n) is 6.90. The van der Waals surface area contributed by atoms with E-state index in [0.717, 1.165) is 24.2 Å². The van der Waals surface area contributed by atoms with E-state index >= 15 is 0 Å². The zero-order valence-corrected chi connectivity index (χ0v) is 14.0. The predicted octanol–water partition coefficient (Wildman–Crippen LogP) is 2.03. The van der Waals surface area contributed by atoms with Crippen molar-refractivity contribution in [2.24, 2.45) is 5.92 Å². The Balaban J connectivity index is 1.91. The van der Waals surface area contributed by atoms with Crippen LogP contribution in [0.2, 0.25) is 4.34 Å². The number of nitrogens with zero attached hydrogens (tertiary/aromatic N) is 2. The van der Waals surface area contributed by atoms with Gasteiger partial charge in [-0.2, -0.15) is 4.31 Å². The fourth-order valence-electron chi connectivity index (χ4n) is 3.14. The second-order valence-corrected chi connectivity index (χ2v) is 9.49. The summed E-state index contributed by atoms with van der Waals surface area (Å²) in [5.41, 5.74) is 0. The molecule has 8 heteroatoms. The Bertz CT molecular complexity index is 658. The van der Waals surface area contributed by atoms with Crippen LogP contribution in [0.3, 0.4) is 0 Å². The molecule has 1 aromatic rings. The molecule has 0 aliphatic carbocycles. The number of hydrogen-bond acceptors (Lipinski definition) is 4. The summed E-state index contributed by atoms with van der Waals surface area (Å²) in [5.74, 6) is 0.239. The highest BCUT2D eigenvalue weighted by molar-refractivity contribution is 7.91. The molecule has 4 heterocycles. The third-order valence-electron chi connectivity index (χ3n) is 4.22. The van der Waals surface area contributed by atoms with Crippen molar-refractivity contribution in [3.8, 4) is 0 Å². The number of carbonyl (C=O) groups is 1. The Hall–Kier alpha value is -0.630. The molecule has 3 saturated heterocycles. The lowest BCUT2D eigenvalue weighted by atomic mass is 9.97. The minimum atomic E-state index is -3.52. The maximum Gasteiger partial charge on any atom is 0.252 e. The van der Waals surface area contributed by atoms with E-state index in [2.05, 4.69) is 0 Å². The molecule has 3 fully saturated rings. The van der Waals surface area contributed by atoms with Crippen molar-refractivity contribution < 1.29 is 13.2 Å². The summed E-state index contributed by atoms with van der Waals surface area (Å²) in [6, 6.07) is 3.04. The van der Waals surface area contributed by atoms with E-state index in [0.29, 0.717) is 24.0 Å². The first kappa shape index (κ1) is 15.3. The second-order valence-electron chi connectivity index (χ2n) is 5.65. The predicted molar refractivity (Wildman–Crippen MR) is 82.0 cm³/mol. The maximum atomic E-state index is 12.8. The third kappa shape index (κ3) is 2.84. The molecule has 1 amide bonds. The molecule has 0 radical (unpaired) electrons. The molecule has 4 rings (SSSR count). The van der Waals surface area contributed by atoms with Gasteiger partial charge >= 0.3 is 0 Å². The van der Waals surface area contributed by atoms with Gasteiger partial charge in [-0.15, -0.1) is 11.3 Å². The molecule has 0 aromatic carbocycles. The van der Waals surface area contributed by atoms with Crippen LogP contribution in [0.4, 0.5) is 0 Å². The lowest BCUT2D eigenvalue weighted by molar-refractivity contribution is -0.129. The molecule has 21 heavy (non-hydrogen) atoms. The van der Waals surface area contributed by atoms with E-state index in [-0.39, 0.29) is 22.1 Å². The van der Waals surface area contributed by atoms with Crippen LogP contribution in [-0.4, -0.2) is 49.2 Å². The Morgan fingerprint density at radius 1 is 1.29 bits per heavy atom. The largest absolute Gasteiger partial charge is 0.341 e. The minimum Gasteiger partial charge on any atom is -0.341 e. The number of piperidine rings is 1. The number of thiophene rings is 1. The van der Waals surface area contributed by atoms with Crippen LogP contribution in [0, 0.1) is 5.92 Å². The minimum absolute atomic E-state index is 0.0188. The van der Waals surface area contributed by atoms with Crippen LogP contribution >= 0.6 is 22.9 Å².